The monoisotopic (exact) mass is 314 g/mol. The van der Waals surface area contributed by atoms with E-state index in [1.807, 2.05) is 0 Å². The molecule has 0 aromatic heterocycles. The summed E-state index contributed by atoms with van der Waals surface area (Å²) in [5, 5.41) is -1.10. The van der Waals surface area contributed by atoms with Crippen LogP contribution in [0.3, 0.4) is 0 Å². The van der Waals surface area contributed by atoms with Gasteiger partial charge in [-0.2, -0.15) is 0 Å². The molecule has 0 radical (unpaired) electrons. The van der Waals surface area contributed by atoms with Crippen molar-refractivity contribution in [3.8, 4) is 0 Å². The summed E-state index contributed by atoms with van der Waals surface area (Å²) in [7, 11) is 0. The standard InChI is InChI=1S/C15H16ClFO4/c1-8-6-9(17)4-5-10(8)11(16)13(18)21-12-14(19)20-7-15(12,2)3/h4-6,11-12H,7H2,1-3H3/t11-,12+/m1/s1. The van der Waals surface area contributed by atoms with Crippen LogP contribution in [-0.4, -0.2) is 24.6 Å². The highest BCUT2D eigenvalue weighted by Gasteiger charge is 2.47. The van der Waals surface area contributed by atoms with E-state index in [1.165, 1.54) is 18.2 Å². The summed E-state index contributed by atoms with van der Waals surface area (Å²) in [6, 6.07) is 3.94. The van der Waals surface area contributed by atoms with Crippen molar-refractivity contribution in [3.05, 3.63) is 35.1 Å². The number of rotatable bonds is 3. The molecular weight excluding hydrogens is 299 g/mol. The average Bonchev–Trinajstić information content (AvgIpc) is 2.65. The molecule has 0 bridgehead atoms. The molecule has 0 unspecified atom stereocenters. The quantitative estimate of drug-likeness (QED) is 0.636. The molecule has 2 atom stereocenters. The molecule has 1 heterocycles. The Bertz CT molecular complexity index is 585. The van der Waals surface area contributed by atoms with Crippen LogP contribution in [0.5, 0.6) is 0 Å². The molecule has 4 nitrogen and oxygen atoms in total. The van der Waals surface area contributed by atoms with E-state index in [2.05, 4.69) is 0 Å². The van der Waals surface area contributed by atoms with Crippen molar-refractivity contribution in [3.63, 3.8) is 0 Å². The Balaban J connectivity index is 2.15. The maximum absolute atomic E-state index is 13.1. The molecule has 0 saturated carbocycles. The molecule has 1 aliphatic rings. The minimum atomic E-state index is -1.10. The Hall–Kier alpha value is -1.62. The first kappa shape index (κ1) is 15.8. The summed E-state index contributed by atoms with van der Waals surface area (Å²) >= 11 is 6.08. The third-order valence-corrected chi connectivity index (χ3v) is 3.87. The Labute approximate surface area is 127 Å². The molecule has 0 N–H and O–H groups in total. The lowest BCUT2D eigenvalue weighted by Gasteiger charge is -2.23. The maximum atomic E-state index is 13.1. The van der Waals surface area contributed by atoms with E-state index in [4.69, 9.17) is 21.1 Å². The number of halogens is 2. The second kappa shape index (κ2) is 5.64. The van der Waals surface area contributed by atoms with Gasteiger partial charge < -0.3 is 9.47 Å². The Morgan fingerprint density at radius 1 is 1.52 bits per heavy atom. The highest BCUT2D eigenvalue weighted by Crippen LogP contribution is 2.33. The van der Waals surface area contributed by atoms with Crippen molar-refractivity contribution in [1.82, 2.24) is 0 Å². The van der Waals surface area contributed by atoms with E-state index in [-0.39, 0.29) is 6.61 Å². The van der Waals surface area contributed by atoms with Gasteiger partial charge in [-0.25, -0.2) is 9.18 Å². The van der Waals surface area contributed by atoms with Gasteiger partial charge in [0.1, 0.15) is 12.4 Å². The number of esters is 2. The maximum Gasteiger partial charge on any atom is 0.348 e. The lowest BCUT2D eigenvalue weighted by atomic mass is 9.90. The predicted octanol–water partition coefficient (Wildman–Crippen LogP) is 2.91. The topological polar surface area (TPSA) is 52.6 Å². The molecule has 1 aliphatic heterocycles. The largest absolute Gasteiger partial charge is 0.462 e. The minimum Gasteiger partial charge on any atom is -0.462 e. The highest BCUT2D eigenvalue weighted by molar-refractivity contribution is 6.30. The SMILES string of the molecule is Cc1cc(F)ccc1[C@@H](Cl)C(=O)O[C@H]1C(=O)OCC1(C)C. The molecule has 1 aromatic rings. The van der Waals surface area contributed by atoms with Gasteiger partial charge in [-0.05, 0) is 30.2 Å². The van der Waals surface area contributed by atoms with Crippen LogP contribution in [0.4, 0.5) is 4.39 Å². The first-order valence-corrected chi connectivity index (χ1v) is 6.93. The fourth-order valence-corrected chi connectivity index (χ4v) is 2.46. The number of benzene rings is 1. The van der Waals surface area contributed by atoms with Gasteiger partial charge in [0.05, 0.1) is 0 Å². The fraction of sp³-hybridized carbons (Fsp3) is 0.467. The summed E-state index contributed by atoms with van der Waals surface area (Å²) in [6.07, 6.45) is -0.980. The number of alkyl halides is 1. The normalized spacial score (nSPS) is 21.8. The van der Waals surface area contributed by atoms with E-state index < -0.39 is 34.7 Å². The van der Waals surface area contributed by atoms with Gasteiger partial charge in [-0.3, -0.25) is 4.79 Å². The van der Waals surface area contributed by atoms with Crippen molar-refractivity contribution in [2.75, 3.05) is 6.61 Å². The van der Waals surface area contributed by atoms with E-state index >= 15 is 0 Å². The predicted molar refractivity (Wildman–Crippen MR) is 74.4 cm³/mol. The van der Waals surface area contributed by atoms with Crippen molar-refractivity contribution < 1.29 is 23.5 Å². The van der Waals surface area contributed by atoms with Crippen LogP contribution in [0.15, 0.2) is 18.2 Å². The second-order valence-corrected chi connectivity index (χ2v) is 6.21. The van der Waals surface area contributed by atoms with Gasteiger partial charge in [0, 0.05) is 5.41 Å². The Kier molecular flexibility index (Phi) is 4.23. The van der Waals surface area contributed by atoms with Gasteiger partial charge in [0.15, 0.2) is 5.38 Å². The minimum absolute atomic E-state index is 0.187. The first-order chi connectivity index (χ1) is 9.72. The number of hydrogen-bond acceptors (Lipinski definition) is 4. The van der Waals surface area contributed by atoms with Crippen LogP contribution in [-0.2, 0) is 19.1 Å². The summed E-state index contributed by atoms with van der Waals surface area (Å²) in [4.78, 5) is 23.7. The molecule has 0 aliphatic carbocycles. The van der Waals surface area contributed by atoms with Gasteiger partial charge in [0.25, 0.3) is 0 Å². The zero-order chi connectivity index (χ0) is 15.8. The van der Waals surface area contributed by atoms with E-state index in [9.17, 15) is 14.0 Å². The summed E-state index contributed by atoms with van der Waals surface area (Å²) < 4.78 is 23.2. The van der Waals surface area contributed by atoms with Gasteiger partial charge in [-0.1, -0.05) is 19.9 Å². The molecule has 6 heteroatoms. The number of carbonyl (C=O) groups is 2. The van der Waals surface area contributed by atoms with Crippen LogP contribution in [0.2, 0.25) is 0 Å². The van der Waals surface area contributed by atoms with Crippen LogP contribution in [0.25, 0.3) is 0 Å². The first-order valence-electron chi connectivity index (χ1n) is 6.49. The molecule has 0 amide bonds. The Morgan fingerprint density at radius 3 is 2.71 bits per heavy atom. The van der Waals surface area contributed by atoms with E-state index in [0.717, 1.165) is 0 Å². The number of ether oxygens (including phenoxy) is 2. The van der Waals surface area contributed by atoms with Crippen LogP contribution < -0.4 is 0 Å². The smallest absolute Gasteiger partial charge is 0.348 e. The van der Waals surface area contributed by atoms with Gasteiger partial charge in [-0.15, -0.1) is 11.6 Å². The number of aryl methyl sites for hydroxylation is 1. The van der Waals surface area contributed by atoms with Crippen molar-refractivity contribution in [1.29, 1.82) is 0 Å². The molecule has 2 rings (SSSR count). The molecule has 1 fully saturated rings. The lowest BCUT2D eigenvalue weighted by Crippen LogP contribution is -2.35. The fourth-order valence-electron chi connectivity index (χ4n) is 2.16. The number of carbonyl (C=O) groups excluding carboxylic acids is 2. The Morgan fingerprint density at radius 2 is 2.19 bits per heavy atom. The zero-order valence-electron chi connectivity index (χ0n) is 12.0. The second-order valence-electron chi connectivity index (χ2n) is 5.78. The van der Waals surface area contributed by atoms with Crippen molar-refractivity contribution in [2.24, 2.45) is 5.41 Å². The van der Waals surface area contributed by atoms with Crippen LogP contribution in [0.1, 0.15) is 30.4 Å². The van der Waals surface area contributed by atoms with Crippen LogP contribution >= 0.6 is 11.6 Å². The molecular formula is C15H16ClFO4. The molecule has 0 spiro atoms. The molecule has 114 valence electrons. The summed E-state index contributed by atoms with van der Waals surface area (Å²) in [5.41, 5.74) is 0.397. The van der Waals surface area contributed by atoms with E-state index in [0.29, 0.717) is 11.1 Å². The third kappa shape index (κ3) is 3.18. The van der Waals surface area contributed by atoms with Crippen molar-refractivity contribution in [2.45, 2.75) is 32.3 Å². The summed E-state index contributed by atoms with van der Waals surface area (Å²) in [6.45, 7) is 5.37. The molecule has 1 saturated heterocycles. The molecule has 1 aromatic carbocycles. The van der Waals surface area contributed by atoms with Crippen LogP contribution in [0, 0.1) is 18.2 Å². The average molecular weight is 315 g/mol. The van der Waals surface area contributed by atoms with Gasteiger partial charge in [0.2, 0.25) is 6.10 Å². The zero-order valence-corrected chi connectivity index (χ0v) is 12.7. The number of cyclic esters (lactones) is 1. The lowest BCUT2D eigenvalue weighted by molar-refractivity contribution is -0.162. The molecule has 21 heavy (non-hydrogen) atoms. The van der Waals surface area contributed by atoms with Crippen molar-refractivity contribution >= 4 is 23.5 Å². The summed E-state index contributed by atoms with van der Waals surface area (Å²) in [5.74, 6) is -1.73. The van der Waals surface area contributed by atoms with E-state index in [1.54, 1.807) is 20.8 Å². The van der Waals surface area contributed by atoms with Gasteiger partial charge >= 0.3 is 11.9 Å². The third-order valence-electron chi connectivity index (χ3n) is 3.46. The number of hydrogen-bond donors (Lipinski definition) is 0. The highest BCUT2D eigenvalue weighted by atomic mass is 35.5.